The summed E-state index contributed by atoms with van der Waals surface area (Å²) in [6, 6.07) is 0. The summed E-state index contributed by atoms with van der Waals surface area (Å²) < 4.78 is 5.60. The van der Waals surface area contributed by atoms with Gasteiger partial charge in [0.15, 0.2) is 5.78 Å². The van der Waals surface area contributed by atoms with Crippen molar-refractivity contribution in [1.29, 1.82) is 0 Å². The minimum atomic E-state index is -0.225. The monoisotopic (exact) mass is 248 g/mol. The number of ether oxygens (including phenoxy) is 1. The van der Waals surface area contributed by atoms with Crippen molar-refractivity contribution < 1.29 is 14.3 Å². The molecular weight excluding hydrogens is 228 g/mol. The van der Waals surface area contributed by atoms with Crippen LogP contribution in [0.3, 0.4) is 0 Å². The molecule has 1 heterocycles. The molecule has 2 saturated carbocycles. The molecule has 3 heteroatoms. The van der Waals surface area contributed by atoms with Crippen molar-refractivity contribution in [3.8, 4) is 0 Å². The van der Waals surface area contributed by atoms with Crippen molar-refractivity contribution in [2.45, 2.75) is 58.5 Å². The molecule has 0 unspecified atom stereocenters. The Labute approximate surface area is 108 Å². The maximum absolute atomic E-state index is 12.3. The van der Waals surface area contributed by atoms with Gasteiger partial charge in [-0.2, -0.15) is 0 Å². The van der Waals surface area contributed by atoms with Crippen LogP contribution in [0.5, 0.6) is 0 Å². The Morgan fingerprint density at radius 3 is 2.83 bits per heavy atom. The van der Waals surface area contributed by atoms with Gasteiger partial charge in [0, 0.05) is 23.0 Å². The molecule has 3 atom stereocenters. The lowest BCUT2D eigenvalue weighted by molar-refractivity contribution is -0.151. The summed E-state index contributed by atoms with van der Waals surface area (Å²) in [4.78, 5) is 24.3. The maximum atomic E-state index is 12.3. The average Bonchev–Trinajstić information content (AvgIpc) is 2.76. The molecule has 3 nitrogen and oxygen atoms in total. The van der Waals surface area contributed by atoms with E-state index in [2.05, 4.69) is 13.8 Å². The second kappa shape index (κ2) is 3.94. The van der Waals surface area contributed by atoms with Gasteiger partial charge in [-0.15, -0.1) is 0 Å². The highest BCUT2D eigenvalue weighted by molar-refractivity contribution is 6.08. The third-order valence-corrected chi connectivity index (χ3v) is 5.12. The summed E-state index contributed by atoms with van der Waals surface area (Å²) in [6.07, 6.45) is 5.19. The first-order chi connectivity index (χ1) is 8.59. The zero-order chi connectivity index (χ0) is 12.9. The topological polar surface area (TPSA) is 43.4 Å². The summed E-state index contributed by atoms with van der Waals surface area (Å²) in [5, 5.41) is 0. The summed E-state index contributed by atoms with van der Waals surface area (Å²) in [5.74, 6) is 0.376. The highest BCUT2D eigenvalue weighted by Crippen LogP contribution is 2.59. The first-order valence-electron chi connectivity index (χ1n) is 7.06. The van der Waals surface area contributed by atoms with E-state index in [1.54, 1.807) is 0 Å². The fourth-order valence-electron chi connectivity index (χ4n) is 4.08. The quantitative estimate of drug-likeness (QED) is 0.721. The first kappa shape index (κ1) is 11.9. The van der Waals surface area contributed by atoms with Gasteiger partial charge in [0.2, 0.25) is 0 Å². The minimum Gasteiger partial charge on any atom is -0.458 e. The Hall–Kier alpha value is -1.12. The Morgan fingerprint density at radius 1 is 1.33 bits per heavy atom. The van der Waals surface area contributed by atoms with E-state index in [0.717, 1.165) is 31.3 Å². The van der Waals surface area contributed by atoms with Crippen molar-refractivity contribution in [3.05, 3.63) is 11.1 Å². The van der Waals surface area contributed by atoms with E-state index >= 15 is 0 Å². The molecule has 18 heavy (non-hydrogen) atoms. The van der Waals surface area contributed by atoms with E-state index in [0.29, 0.717) is 24.3 Å². The smallest absolute Gasteiger partial charge is 0.334 e. The van der Waals surface area contributed by atoms with Gasteiger partial charge < -0.3 is 4.74 Å². The van der Waals surface area contributed by atoms with Gasteiger partial charge in [0.25, 0.3) is 0 Å². The molecule has 0 N–H and O–H groups in total. The largest absolute Gasteiger partial charge is 0.458 e. The highest BCUT2D eigenvalue weighted by atomic mass is 16.5. The van der Waals surface area contributed by atoms with Gasteiger partial charge >= 0.3 is 5.97 Å². The second-order valence-corrected chi connectivity index (χ2v) is 6.04. The van der Waals surface area contributed by atoms with Crippen LogP contribution in [0.2, 0.25) is 0 Å². The molecular formula is C15H20O3. The predicted octanol–water partition coefficient (Wildman–Crippen LogP) is 2.79. The summed E-state index contributed by atoms with van der Waals surface area (Å²) in [7, 11) is 0. The van der Waals surface area contributed by atoms with Gasteiger partial charge in [-0.1, -0.05) is 20.3 Å². The zero-order valence-electron chi connectivity index (χ0n) is 11.1. The van der Waals surface area contributed by atoms with Crippen molar-refractivity contribution >= 4 is 11.8 Å². The standard InChI is InChI=1S/C15H20O3/c1-3-4-5-10-13-11(16)8-9-6-7-12(15(9,13)2)18-14(10)17/h9,12H,3-8H2,1-2H3/t9-,12-,15+/m0/s1. The fourth-order valence-corrected chi connectivity index (χ4v) is 4.08. The molecule has 0 radical (unpaired) electrons. The van der Waals surface area contributed by atoms with Crippen molar-refractivity contribution in [3.63, 3.8) is 0 Å². The first-order valence-corrected chi connectivity index (χ1v) is 7.06. The predicted molar refractivity (Wildman–Crippen MR) is 66.9 cm³/mol. The van der Waals surface area contributed by atoms with Crippen LogP contribution in [0.15, 0.2) is 11.1 Å². The van der Waals surface area contributed by atoms with E-state index in [4.69, 9.17) is 4.74 Å². The Balaban J connectivity index is 2.08. The number of carbonyl (C=O) groups excluding carboxylic acids is 2. The number of unbranched alkanes of at least 4 members (excludes halogenated alkanes) is 1. The van der Waals surface area contributed by atoms with E-state index in [1.165, 1.54) is 0 Å². The van der Waals surface area contributed by atoms with Crippen LogP contribution >= 0.6 is 0 Å². The zero-order valence-corrected chi connectivity index (χ0v) is 11.1. The van der Waals surface area contributed by atoms with Gasteiger partial charge in [-0.25, -0.2) is 4.79 Å². The molecule has 0 aromatic heterocycles. The molecule has 0 aromatic carbocycles. The fraction of sp³-hybridized carbons (Fsp3) is 0.733. The minimum absolute atomic E-state index is 0.0539. The molecule has 2 aliphatic carbocycles. The lowest BCUT2D eigenvalue weighted by atomic mass is 9.73. The molecule has 3 aliphatic rings. The van der Waals surface area contributed by atoms with E-state index in [-0.39, 0.29) is 23.3 Å². The SMILES string of the molecule is CCCCC1=C2C(=O)C[C@@H]3CC[C@H](OC1=O)[C@]23C. The summed E-state index contributed by atoms with van der Waals surface area (Å²) in [5.41, 5.74) is 1.35. The molecule has 2 fully saturated rings. The highest BCUT2D eigenvalue weighted by Gasteiger charge is 2.61. The van der Waals surface area contributed by atoms with E-state index in [1.807, 2.05) is 0 Å². The second-order valence-electron chi connectivity index (χ2n) is 6.04. The molecule has 3 rings (SSSR count). The van der Waals surface area contributed by atoms with Gasteiger partial charge in [-0.05, 0) is 31.6 Å². The summed E-state index contributed by atoms with van der Waals surface area (Å²) in [6.45, 7) is 4.23. The Kier molecular flexibility index (Phi) is 2.61. The molecule has 98 valence electrons. The number of Topliss-reactive ketones (excluding diaryl/α,β-unsaturated/α-hetero) is 1. The van der Waals surface area contributed by atoms with Crippen LogP contribution in [0.1, 0.15) is 52.4 Å². The third-order valence-electron chi connectivity index (χ3n) is 5.12. The summed E-state index contributed by atoms with van der Waals surface area (Å²) >= 11 is 0. The van der Waals surface area contributed by atoms with Crippen LogP contribution in [0.25, 0.3) is 0 Å². The third kappa shape index (κ3) is 1.36. The maximum Gasteiger partial charge on any atom is 0.334 e. The van der Waals surface area contributed by atoms with Gasteiger partial charge in [-0.3, -0.25) is 4.79 Å². The number of carbonyl (C=O) groups is 2. The molecule has 0 bridgehead atoms. The van der Waals surface area contributed by atoms with Crippen molar-refractivity contribution in [1.82, 2.24) is 0 Å². The van der Waals surface area contributed by atoms with Gasteiger partial charge in [0.1, 0.15) is 6.10 Å². The van der Waals surface area contributed by atoms with Gasteiger partial charge in [0.05, 0.1) is 0 Å². The lowest BCUT2D eigenvalue weighted by Crippen LogP contribution is -2.40. The number of hydrogen-bond acceptors (Lipinski definition) is 3. The Morgan fingerprint density at radius 2 is 2.11 bits per heavy atom. The van der Waals surface area contributed by atoms with E-state index in [9.17, 15) is 9.59 Å². The molecule has 0 spiro atoms. The van der Waals surface area contributed by atoms with Crippen molar-refractivity contribution in [2.24, 2.45) is 11.3 Å². The molecule has 0 amide bonds. The number of rotatable bonds is 3. The Bertz CT molecular complexity index is 449. The number of ketones is 1. The number of esters is 1. The molecule has 1 aliphatic heterocycles. The van der Waals surface area contributed by atoms with Crippen molar-refractivity contribution in [2.75, 3.05) is 0 Å². The normalized spacial score (nSPS) is 38.1. The average molecular weight is 248 g/mol. The molecule has 0 aromatic rings. The van der Waals surface area contributed by atoms with Crippen LogP contribution in [-0.4, -0.2) is 17.9 Å². The van der Waals surface area contributed by atoms with Crippen LogP contribution in [0, 0.1) is 11.3 Å². The van der Waals surface area contributed by atoms with Crippen LogP contribution in [0.4, 0.5) is 0 Å². The lowest BCUT2D eigenvalue weighted by Gasteiger charge is -2.37. The van der Waals surface area contributed by atoms with Crippen LogP contribution < -0.4 is 0 Å². The van der Waals surface area contributed by atoms with E-state index < -0.39 is 0 Å². The molecule has 0 saturated heterocycles. The number of hydrogen-bond donors (Lipinski definition) is 0. The van der Waals surface area contributed by atoms with Crippen LogP contribution in [-0.2, 0) is 14.3 Å².